The Morgan fingerprint density at radius 3 is 1.31 bits per heavy atom. The van der Waals surface area contributed by atoms with Crippen LogP contribution in [0.5, 0.6) is 0 Å². The molecular weight excluding hydrogens is 536 g/mol. The van der Waals surface area contributed by atoms with Crippen molar-refractivity contribution in [1.82, 2.24) is 0 Å². The second-order valence-electron chi connectivity index (χ2n) is 11.9. The highest BCUT2D eigenvalue weighted by Gasteiger charge is 2.43. The molecule has 0 saturated heterocycles. The van der Waals surface area contributed by atoms with Crippen molar-refractivity contribution in [3.8, 4) is 0 Å². The molecule has 0 aromatic heterocycles. The molecule has 0 aliphatic carbocycles. The molecule has 2 N–H and O–H groups in total. The van der Waals surface area contributed by atoms with E-state index in [0.29, 0.717) is 12.8 Å². The van der Waals surface area contributed by atoms with Gasteiger partial charge < -0.3 is 19.7 Å². The largest absolute Gasteiger partial charge is 0.481 e. The van der Waals surface area contributed by atoms with Crippen LogP contribution in [0.25, 0.3) is 0 Å². The summed E-state index contributed by atoms with van der Waals surface area (Å²) in [6, 6.07) is 0. The highest BCUT2D eigenvalue weighted by molar-refractivity contribution is 5.92. The number of esters is 3. The minimum absolute atomic E-state index is 0.0330. The van der Waals surface area contributed by atoms with Gasteiger partial charge in [0.25, 0.3) is 0 Å². The molecule has 0 spiro atoms. The van der Waals surface area contributed by atoms with Crippen molar-refractivity contribution in [2.75, 3.05) is 6.61 Å². The first-order chi connectivity index (χ1) is 20.2. The molecule has 1 unspecified atom stereocenters. The molecule has 0 amide bonds. The van der Waals surface area contributed by atoms with Crippen LogP contribution in [-0.2, 0) is 28.7 Å². The summed E-state index contributed by atoms with van der Waals surface area (Å²) < 4.78 is 9.79. The number of hydrogen-bond donors (Lipinski definition) is 2. The van der Waals surface area contributed by atoms with Crippen LogP contribution in [0.15, 0.2) is 0 Å². The predicted molar refractivity (Wildman–Crippen MR) is 166 cm³/mol. The van der Waals surface area contributed by atoms with Gasteiger partial charge in [-0.15, -0.1) is 0 Å². The SMILES string of the molecule is CCCCCCCCCCCCCCCCCCCCOC(=O)C(O)(CC(=O)O)CC(=O)OC(=O)CCCCCCC. The van der Waals surface area contributed by atoms with Crippen LogP contribution in [0.2, 0.25) is 0 Å². The van der Waals surface area contributed by atoms with E-state index in [1.165, 1.54) is 89.9 Å². The monoisotopic (exact) mass is 598 g/mol. The molecule has 0 bridgehead atoms. The summed E-state index contributed by atoms with van der Waals surface area (Å²) in [4.78, 5) is 47.7. The summed E-state index contributed by atoms with van der Waals surface area (Å²) in [5.41, 5.74) is -2.57. The Bertz CT molecular complexity index is 708. The molecule has 0 aliphatic rings. The van der Waals surface area contributed by atoms with Crippen molar-refractivity contribution in [1.29, 1.82) is 0 Å². The summed E-state index contributed by atoms with van der Waals surface area (Å²) in [5.74, 6) is -4.53. The number of ether oxygens (including phenoxy) is 2. The van der Waals surface area contributed by atoms with Gasteiger partial charge in [0.15, 0.2) is 5.60 Å². The first-order valence-corrected chi connectivity index (χ1v) is 17.1. The zero-order chi connectivity index (χ0) is 31.3. The van der Waals surface area contributed by atoms with Gasteiger partial charge in [0.2, 0.25) is 0 Å². The lowest BCUT2D eigenvalue weighted by atomic mass is 9.95. The van der Waals surface area contributed by atoms with E-state index < -0.39 is 42.3 Å². The van der Waals surface area contributed by atoms with Crippen molar-refractivity contribution in [3.63, 3.8) is 0 Å². The summed E-state index contributed by atoms with van der Waals surface area (Å²) in [6.07, 6.45) is 25.0. The van der Waals surface area contributed by atoms with Gasteiger partial charge in [-0.1, -0.05) is 149 Å². The van der Waals surface area contributed by atoms with E-state index in [0.717, 1.165) is 44.9 Å². The second-order valence-corrected chi connectivity index (χ2v) is 11.9. The minimum Gasteiger partial charge on any atom is -0.481 e. The number of carbonyl (C=O) groups excluding carboxylic acids is 3. The maximum Gasteiger partial charge on any atom is 0.339 e. The lowest BCUT2D eigenvalue weighted by Gasteiger charge is -2.23. The zero-order valence-corrected chi connectivity index (χ0v) is 26.9. The van der Waals surface area contributed by atoms with Gasteiger partial charge in [0, 0.05) is 6.42 Å². The molecule has 0 aromatic rings. The minimum atomic E-state index is -2.57. The van der Waals surface area contributed by atoms with Crippen LogP contribution in [0.3, 0.4) is 0 Å². The summed E-state index contributed by atoms with van der Waals surface area (Å²) in [7, 11) is 0. The number of carbonyl (C=O) groups is 4. The number of aliphatic hydroxyl groups is 1. The number of rotatable bonds is 30. The normalized spacial score (nSPS) is 12.5. The molecule has 8 nitrogen and oxygen atoms in total. The van der Waals surface area contributed by atoms with Crippen molar-refractivity contribution in [2.24, 2.45) is 0 Å². The first-order valence-electron chi connectivity index (χ1n) is 17.1. The highest BCUT2D eigenvalue weighted by Crippen LogP contribution is 2.20. The van der Waals surface area contributed by atoms with Gasteiger partial charge >= 0.3 is 23.9 Å². The standard InChI is InChI=1S/C34H62O8/c1-3-5-7-9-10-11-12-13-14-15-16-17-18-19-20-21-23-25-27-41-33(39)34(40,28-30(35)36)29-32(38)42-31(37)26-24-22-8-6-4-2/h40H,3-29H2,1-2H3,(H,35,36). The van der Waals surface area contributed by atoms with Crippen LogP contribution >= 0.6 is 0 Å². The number of hydrogen-bond acceptors (Lipinski definition) is 7. The molecule has 0 aliphatic heterocycles. The number of carboxylic acids is 1. The van der Waals surface area contributed by atoms with Gasteiger partial charge in [-0.2, -0.15) is 0 Å². The molecule has 0 saturated carbocycles. The smallest absolute Gasteiger partial charge is 0.339 e. The van der Waals surface area contributed by atoms with Crippen LogP contribution in [0, 0.1) is 0 Å². The van der Waals surface area contributed by atoms with Crippen molar-refractivity contribution in [2.45, 2.75) is 186 Å². The van der Waals surface area contributed by atoms with Crippen molar-refractivity contribution < 1.29 is 38.9 Å². The van der Waals surface area contributed by atoms with E-state index in [1.54, 1.807) is 0 Å². The second kappa shape index (κ2) is 27.8. The quantitative estimate of drug-likeness (QED) is 0.0478. The lowest BCUT2D eigenvalue weighted by molar-refractivity contribution is -0.178. The predicted octanol–water partition coefficient (Wildman–Crippen LogP) is 8.60. The highest BCUT2D eigenvalue weighted by atomic mass is 16.6. The fourth-order valence-electron chi connectivity index (χ4n) is 5.09. The van der Waals surface area contributed by atoms with E-state index in [-0.39, 0.29) is 13.0 Å². The maximum atomic E-state index is 12.4. The van der Waals surface area contributed by atoms with E-state index in [1.807, 2.05) is 0 Å². The van der Waals surface area contributed by atoms with Gasteiger partial charge in [0.05, 0.1) is 19.4 Å². The Morgan fingerprint density at radius 1 is 0.524 bits per heavy atom. The molecule has 0 heterocycles. The molecule has 8 heteroatoms. The summed E-state index contributed by atoms with van der Waals surface area (Å²) in [5, 5.41) is 19.7. The molecule has 246 valence electrons. The number of unbranched alkanes of at least 4 members (excludes halogenated alkanes) is 21. The van der Waals surface area contributed by atoms with Crippen LogP contribution < -0.4 is 0 Å². The average Bonchev–Trinajstić information content (AvgIpc) is 2.93. The third-order valence-electron chi connectivity index (χ3n) is 7.70. The van der Waals surface area contributed by atoms with Gasteiger partial charge in [0.1, 0.15) is 0 Å². The third kappa shape index (κ3) is 24.6. The first kappa shape index (κ1) is 40.0. The molecule has 0 aromatic carbocycles. The van der Waals surface area contributed by atoms with Crippen LogP contribution in [0.4, 0.5) is 0 Å². The molecule has 42 heavy (non-hydrogen) atoms. The van der Waals surface area contributed by atoms with Crippen molar-refractivity contribution >= 4 is 23.9 Å². The van der Waals surface area contributed by atoms with E-state index >= 15 is 0 Å². The Hall–Kier alpha value is -1.96. The zero-order valence-electron chi connectivity index (χ0n) is 26.9. The van der Waals surface area contributed by atoms with Crippen LogP contribution in [-0.4, -0.2) is 46.3 Å². The molecule has 0 rings (SSSR count). The van der Waals surface area contributed by atoms with Gasteiger partial charge in [-0.05, 0) is 12.8 Å². The maximum absolute atomic E-state index is 12.4. The molecular formula is C34H62O8. The number of aliphatic carboxylic acids is 1. The lowest BCUT2D eigenvalue weighted by Crippen LogP contribution is -2.44. The fraction of sp³-hybridized carbons (Fsp3) is 0.882. The number of carboxylic acid groups (broad SMARTS) is 1. The van der Waals surface area contributed by atoms with E-state index in [9.17, 15) is 24.3 Å². The van der Waals surface area contributed by atoms with Gasteiger partial charge in [-0.25, -0.2) is 4.79 Å². The topological polar surface area (TPSA) is 127 Å². The van der Waals surface area contributed by atoms with Crippen LogP contribution in [0.1, 0.15) is 181 Å². The van der Waals surface area contributed by atoms with E-state index in [2.05, 4.69) is 13.8 Å². The summed E-state index contributed by atoms with van der Waals surface area (Å²) in [6.45, 7) is 4.37. The Labute approximate surface area is 255 Å². The molecule has 1 atom stereocenters. The summed E-state index contributed by atoms with van der Waals surface area (Å²) >= 11 is 0. The average molecular weight is 599 g/mol. The van der Waals surface area contributed by atoms with Crippen molar-refractivity contribution in [3.05, 3.63) is 0 Å². The van der Waals surface area contributed by atoms with E-state index in [4.69, 9.17) is 14.6 Å². The molecule has 0 radical (unpaired) electrons. The Morgan fingerprint density at radius 2 is 0.905 bits per heavy atom. The van der Waals surface area contributed by atoms with Gasteiger partial charge in [-0.3, -0.25) is 14.4 Å². The molecule has 0 fully saturated rings. The Kier molecular flexibility index (Phi) is 26.5. The fourth-order valence-corrected chi connectivity index (χ4v) is 5.09. The Balaban J connectivity index is 3.93. The third-order valence-corrected chi connectivity index (χ3v) is 7.70.